The average Bonchev–Trinajstić information content (AvgIpc) is 2.73. The van der Waals surface area contributed by atoms with E-state index in [1.807, 2.05) is 0 Å². The molecule has 2 aromatic carbocycles. The zero-order valence-electron chi connectivity index (χ0n) is 15.5. The third-order valence-corrected chi connectivity index (χ3v) is 6.15. The summed E-state index contributed by atoms with van der Waals surface area (Å²) in [6.45, 7) is 0.830. The molecular formula is C20H22N2O5S. The van der Waals surface area contributed by atoms with Crippen molar-refractivity contribution in [2.75, 3.05) is 24.9 Å². The van der Waals surface area contributed by atoms with Crippen LogP contribution in [0.4, 0.5) is 5.69 Å². The Morgan fingerprint density at radius 1 is 1.00 bits per heavy atom. The van der Waals surface area contributed by atoms with Crippen LogP contribution >= 0.6 is 0 Å². The molecule has 0 spiro atoms. The van der Waals surface area contributed by atoms with Crippen molar-refractivity contribution in [2.24, 2.45) is 5.92 Å². The maximum absolute atomic E-state index is 13.0. The number of anilines is 1. The fourth-order valence-corrected chi connectivity index (χ4v) is 4.32. The van der Waals surface area contributed by atoms with Crippen molar-refractivity contribution in [3.63, 3.8) is 0 Å². The maximum atomic E-state index is 13.0. The number of nitrogens with zero attached hydrogens (tertiary/aromatic N) is 1. The quantitative estimate of drug-likeness (QED) is 0.776. The van der Waals surface area contributed by atoms with Crippen molar-refractivity contribution in [3.8, 4) is 0 Å². The largest absolute Gasteiger partial charge is 0.469 e. The molecule has 1 saturated heterocycles. The normalized spacial score (nSPS) is 15.1. The lowest BCUT2D eigenvalue weighted by atomic mass is 9.96. The number of carbonyl (C=O) groups is 2. The first-order chi connectivity index (χ1) is 13.4. The number of methoxy groups -OCH3 is 1. The summed E-state index contributed by atoms with van der Waals surface area (Å²) in [4.78, 5) is 26.4. The Morgan fingerprint density at radius 3 is 2.25 bits per heavy atom. The lowest BCUT2D eigenvalue weighted by Gasteiger charge is -2.31. The predicted molar refractivity (Wildman–Crippen MR) is 104 cm³/mol. The summed E-state index contributed by atoms with van der Waals surface area (Å²) in [5, 5.41) is 0. The highest BCUT2D eigenvalue weighted by molar-refractivity contribution is 7.92. The number of rotatable bonds is 5. The molecule has 1 heterocycles. The molecule has 3 rings (SSSR count). The second-order valence-electron chi connectivity index (χ2n) is 6.55. The van der Waals surface area contributed by atoms with Crippen LogP contribution in [0, 0.1) is 5.92 Å². The SMILES string of the molecule is COC(=O)C1CCN(C(=O)c2ccccc2NS(=O)(=O)c2ccccc2)CC1. The molecule has 28 heavy (non-hydrogen) atoms. The van der Waals surface area contributed by atoms with Gasteiger partial charge in [0.25, 0.3) is 15.9 Å². The van der Waals surface area contributed by atoms with Gasteiger partial charge >= 0.3 is 5.97 Å². The fraction of sp³-hybridized carbons (Fsp3) is 0.300. The van der Waals surface area contributed by atoms with Gasteiger partial charge in [0.15, 0.2) is 0 Å². The first-order valence-electron chi connectivity index (χ1n) is 8.96. The number of ether oxygens (including phenoxy) is 1. The van der Waals surface area contributed by atoms with Gasteiger partial charge in [0.2, 0.25) is 0 Å². The van der Waals surface area contributed by atoms with E-state index in [1.165, 1.54) is 19.2 Å². The van der Waals surface area contributed by atoms with Gasteiger partial charge < -0.3 is 9.64 Å². The van der Waals surface area contributed by atoms with Gasteiger partial charge in [-0.3, -0.25) is 14.3 Å². The Morgan fingerprint density at radius 2 is 1.61 bits per heavy atom. The molecule has 148 valence electrons. The van der Waals surface area contributed by atoms with Gasteiger partial charge in [-0.05, 0) is 37.1 Å². The van der Waals surface area contributed by atoms with Crippen LogP contribution in [0.15, 0.2) is 59.5 Å². The smallest absolute Gasteiger partial charge is 0.308 e. The minimum absolute atomic E-state index is 0.121. The standard InChI is InChI=1S/C20H22N2O5S/c1-27-20(24)15-11-13-22(14-12-15)19(23)17-9-5-6-10-18(17)21-28(25,26)16-7-3-2-4-8-16/h2-10,15,21H,11-14H2,1H3. The molecule has 1 amide bonds. The topological polar surface area (TPSA) is 92.8 Å². The van der Waals surface area contributed by atoms with Gasteiger partial charge in [0, 0.05) is 13.1 Å². The number of benzene rings is 2. The van der Waals surface area contributed by atoms with Gasteiger partial charge in [0.1, 0.15) is 0 Å². The number of carbonyl (C=O) groups excluding carboxylic acids is 2. The fourth-order valence-electron chi connectivity index (χ4n) is 3.22. The van der Waals surface area contributed by atoms with E-state index in [-0.39, 0.29) is 33.9 Å². The molecule has 1 N–H and O–H groups in total. The van der Waals surface area contributed by atoms with Crippen LogP contribution in [-0.4, -0.2) is 45.4 Å². The monoisotopic (exact) mass is 402 g/mol. The Labute approximate surface area is 164 Å². The van der Waals surface area contributed by atoms with E-state index in [2.05, 4.69) is 4.72 Å². The van der Waals surface area contributed by atoms with E-state index in [1.54, 1.807) is 47.4 Å². The van der Waals surface area contributed by atoms with Crippen LogP contribution in [0.2, 0.25) is 0 Å². The van der Waals surface area contributed by atoms with E-state index in [0.717, 1.165) is 0 Å². The molecule has 0 atom stereocenters. The third-order valence-electron chi connectivity index (χ3n) is 4.77. The van der Waals surface area contributed by atoms with Crippen molar-refractivity contribution in [1.29, 1.82) is 0 Å². The van der Waals surface area contributed by atoms with Gasteiger partial charge in [-0.1, -0.05) is 30.3 Å². The van der Waals surface area contributed by atoms with Crippen molar-refractivity contribution in [3.05, 3.63) is 60.2 Å². The van der Waals surface area contributed by atoms with Crippen LogP contribution in [0.1, 0.15) is 23.2 Å². The number of likely N-dealkylation sites (tertiary alicyclic amines) is 1. The highest BCUT2D eigenvalue weighted by atomic mass is 32.2. The first-order valence-corrected chi connectivity index (χ1v) is 10.4. The van der Waals surface area contributed by atoms with Gasteiger partial charge in [-0.15, -0.1) is 0 Å². The number of sulfonamides is 1. The lowest BCUT2D eigenvalue weighted by molar-refractivity contribution is -0.146. The molecule has 1 fully saturated rings. The molecule has 0 bridgehead atoms. The maximum Gasteiger partial charge on any atom is 0.308 e. The number of para-hydroxylation sites is 1. The summed E-state index contributed by atoms with van der Waals surface area (Å²) in [5.74, 6) is -0.737. The van der Waals surface area contributed by atoms with Crippen molar-refractivity contribution in [2.45, 2.75) is 17.7 Å². The third kappa shape index (κ3) is 4.33. The molecular weight excluding hydrogens is 380 g/mol. The Kier molecular flexibility index (Phi) is 5.99. The molecule has 0 aromatic heterocycles. The molecule has 0 aliphatic carbocycles. The van der Waals surface area contributed by atoms with E-state index < -0.39 is 10.0 Å². The molecule has 8 heteroatoms. The molecule has 0 radical (unpaired) electrons. The Bertz CT molecular complexity index is 952. The van der Waals surface area contributed by atoms with Gasteiger partial charge in [-0.25, -0.2) is 8.42 Å². The van der Waals surface area contributed by atoms with Crippen LogP contribution in [0.25, 0.3) is 0 Å². The number of esters is 1. The predicted octanol–water partition coefficient (Wildman–Crippen LogP) is 2.51. The van der Waals surface area contributed by atoms with Crippen LogP contribution in [0.3, 0.4) is 0 Å². The molecule has 1 aliphatic rings. The lowest BCUT2D eigenvalue weighted by Crippen LogP contribution is -2.40. The number of nitrogens with one attached hydrogen (secondary N) is 1. The summed E-state index contributed by atoms with van der Waals surface area (Å²) in [5.41, 5.74) is 0.505. The zero-order chi connectivity index (χ0) is 20.1. The molecule has 0 unspecified atom stereocenters. The number of hydrogen-bond acceptors (Lipinski definition) is 5. The van der Waals surface area contributed by atoms with Crippen LogP contribution < -0.4 is 4.72 Å². The number of piperidine rings is 1. The van der Waals surface area contributed by atoms with E-state index >= 15 is 0 Å². The van der Waals surface area contributed by atoms with Crippen LogP contribution in [-0.2, 0) is 19.6 Å². The molecule has 2 aromatic rings. The minimum atomic E-state index is -3.81. The second kappa shape index (κ2) is 8.43. The highest BCUT2D eigenvalue weighted by Crippen LogP contribution is 2.25. The summed E-state index contributed by atoms with van der Waals surface area (Å²) in [6, 6.07) is 14.5. The first kappa shape index (κ1) is 19.9. The summed E-state index contributed by atoms with van der Waals surface area (Å²) >= 11 is 0. The number of hydrogen-bond donors (Lipinski definition) is 1. The highest BCUT2D eigenvalue weighted by Gasteiger charge is 2.29. The number of amides is 1. The van der Waals surface area contributed by atoms with E-state index in [9.17, 15) is 18.0 Å². The average molecular weight is 402 g/mol. The zero-order valence-corrected chi connectivity index (χ0v) is 16.3. The van der Waals surface area contributed by atoms with E-state index in [0.29, 0.717) is 25.9 Å². The molecule has 7 nitrogen and oxygen atoms in total. The summed E-state index contributed by atoms with van der Waals surface area (Å²) < 4.78 is 32.5. The van der Waals surface area contributed by atoms with Crippen molar-refractivity contribution in [1.82, 2.24) is 4.90 Å². The van der Waals surface area contributed by atoms with Crippen LogP contribution in [0.5, 0.6) is 0 Å². The van der Waals surface area contributed by atoms with Crippen molar-refractivity contribution >= 4 is 27.6 Å². The van der Waals surface area contributed by atoms with E-state index in [4.69, 9.17) is 4.74 Å². The van der Waals surface area contributed by atoms with Crippen molar-refractivity contribution < 1.29 is 22.7 Å². The summed E-state index contributed by atoms with van der Waals surface area (Å²) in [6.07, 6.45) is 1.05. The van der Waals surface area contributed by atoms with Gasteiger partial charge in [-0.2, -0.15) is 0 Å². The Balaban J connectivity index is 1.77. The molecule has 1 aliphatic heterocycles. The molecule has 0 saturated carbocycles. The Hall–Kier alpha value is -2.87. The summed E-state index contributed by atoms with van der Waals surface area (Å²) in [7, 11) is -2.45. The van der Waals surface area contributed by atoms with Gasteiger partial charge in [0.05, 0.1) is 29.2 Å². The minimum Gasteiger partial charge on any atom is -0.469 e. The second-order valence-corrected chi connectivity index (χ2v) is 8.24.